The molecule has 0 aliphatic carbocycles. The molecule has 1 aromatic carbocycles. The summed E-state index contributed by atoms with van der Waals surface area (Å²) in [6, 6.07) is 7.31. The summed E-state index contributed by atoms with van der Waals surface area (Å²) in [5.41, 5.74) is -3.79. The van der Waals surface area contributed by atoms with Gasteiger partial charge in [0.05, 0.1) is 0 Å². The van der Waals surface area contributed by atoms with Gasteiger partial charge in [-0.05, 0) is 19.1 Å². The number of alkyl halides is 3. The van der Waals surface area contributed by atoms with Crippen LogP contribution in [0.25, 0.3) is 0 Å². The highest BCUT2D eigenvalue weighted by molar-refractivity contribution is 6.00. The molecule has 0 bridgehead atoms. The Hall–Kier alpha value is -2.81. The highest BCUT2D eigenvalue weighted by Gasteiger charge is 2.66. The van der Waals surface area contributed by atoms with Crippen LogP contribution in [0.1, 0.15) is 27.9 Å². The summed E-state index contributed by atoms with van der Waals surface area (Å²) >= 11 is 0. The largest absolute Gasteiger partial charge is 0.464 e. The van der Waals surface area contributed by atoms with Crippen LogP contribution >= 0.6 is 0 Å². The van der Waals surface area contributed by atoms with E-state index in [0.717, 1.165) is 0 Å². The minimum atomic E-state index is -5.29. The lowest BCUT2D eigenvalue weighted by molar-refractivity contribution is -0.288. The normalized spacial score (nSPS) is 26.1. The van der Waals surface area contributed by atoms with Gasteiger partial charge in [-0.2, -0.15) is 13.2 Å². The molecule has 3 rings (SSSR count). The fourth-order valence-electron chi connectivity index (χ4n) is 2.98. The Morgan fingerprint density at radius 2 is 1.85 bits per heavy atom. The molecule has 2 aromatic rings. The van der Waals surface area contributed by atoms with E-state index < -0.39 is 35.7 Å². The van der Waals surface area contributed by atoms with Gasteiger partial charge in [0.1, 0.15) is 23.5 Å². The van der Waals surface area contributed by atoms with Gasteiger partial charge < -0.3 is 20.2 Å². The van der Waals surface area contributed by atoms with E-state index in [1.54, 1.807) is 13.0 Å². The number of carbonyl (C=O) groups is 2. The van der Waals surface area contributed by atoms with Crippen LogP contribution in [0.5, 0.6) is 0 Å². The average Bonchev–Trinajstić information content (AvgIpc) is 3.00. The van der Waals surface area contributed by atoms with E-state index in [1.165, 1.54) is 41.7 Å². The maximum atomic E-state index is 13.6. The molecule has 6 nitrogen and oxygen atoms in total. The number of furan rings is 1. The van der Waals surface area contributed by atoms with Crippen molar-refractivity contribution >= 4 is 11.8 Å². The number of aliphatic hydroxyl groups is 1. The molecule has 9 heteroatoms. The van der Waals surface area contributed by atoms with Gasteiger partial charge >= 0.3 is 12.2 Å². The molecule has 1 saturated heterocycles. The lowest BCUT2D eigenvalue weighted by Crippen LogP contribution is -2.72. The van der Waals surface area contributed by atoms with Crippen molar-refractivity contribution in [2.24, 2.45) is 5.92 Å². The Morgan fingerprint density at radius 3 is 2.38 bits per heavy atom. The zero-order valence-electron chi connectivity index (χ0n) is 13.5. The van der Waals surface area contributed by atoms with E-state index in [2.05, 4.69) is 5.32 Å². The summed E-state index contributed by atoms with van der Waals surface area (Å²) in [4.78, 5) is 24.7. The first kappa shape index (κ1) is 18.0. The van der Waals surface area contributed by atoms with E-state index in [0.29, 0.717) is 5.76 Å². The monoisotopic (exact) mass is 368 g/mol. The number of urea groups is 1. The van der Waals surface area contributed by atoms with Crippen LogP contribution in [0, 0.1) is 12.8 Å². The van der Waals surface area contributed by atoms with Gasteiger partial charge in [0.2, 0.25) is 5.72 Å². The molecule has 0 spiro atoms. The van der Waals surface area contributed by atoms with Crippen molar-refractivity contribution < 1.29 is 32.3 Å². The fourth-order valence-corrected chi connectivity index (χ4v) is 2.98. The minimum absolute atomic E-state index is 0.0357. The lowest BCUT2D eigenvalue weighted by atomic mass is 9.79. The molecule has 26 heavy (non-hydrogen) atoms. The molecule has 1 aliphatic heterocycles. The Balaban J connectivity index is 2.15. The van der Waals surface area contributed by atoms with Crippen LogP contribution in [0.15, 0.2) is 46.9 Å². The average molecular weight is 368 g/mol. The zero-order valence-corrected chi connectivity index (χ0v) is 13.5. The molecule has 1 aliphatic rings. The van der Waals surface area contributed by atoms with Crippen molar-refractivity contribution in [2.75, 3.05) is 0 Å². The van der Waals surface area contributed by atoms with Gasteiger partial charge in [0, 0.05) is 5.56 Å². The summed E-state index contributed by atoms with van der Waals surface area (Å²) < 4.78 is 46.3. The van der Waals surface area contributed by atoms with Crippen LogP contribution in [0.4, 0.5) is 18.0 Å². The second kappa shape index (κ2) is 6.17. The van der Waals surface area contributed by atoms with Crippen LogP contribution in [0.3, 0.4) is 0 Å². The van der Waals surface area contributed by atoms with Crippen molar-refractivity contribution in [2.45, 2.75) is 24.9 Å². The number of Topliss-reactive ketones (excluding diaryl/α,β-unsaturated/α-hetero) is 1. The quantitative estimate of drug-likeness (QED) is 0.727. The molecule has 3 atom stereocenters. The standard InChI is InChI=1S/C17H15F3N2O4/c1-9-7-8-11(26-9)13-12(14(23)10-5-3-2-4-6-10)16(25,17(18,19)20)22-15(24)21-13/h2-8,12-13,25H,1H3,(H2,21,22,24)/t12-,13+,16+/m0/s1. The number of ketones is 1. The molecule has 3 N–H and O–H groups in total. The first-order valence-corrected chi connectivity index (χ1v) is 7.67. The Labute approximate surface area is 146 Å². The number of nitrogens with one attached hydrogen (secondary N) is 2. The number of carbonyl (C=O) groups excluding carboxylic acids is 2. The smallest absolute Gasteiger partial charge is 0.437 e. The van der Waals surface area contributed by atoms with E-state index in [9.17, 15) is 27.9 Å². The van der Waals surface area contributed by atoms with Crippen LogP contribution < -0.4 is 10.6 Å². The number of amides is 2. The van der Waals surface area contributed by atoms with Gasteiger partial charge in [-0.3, -0.25) is 4.79 Å². The molecular formula is C17H15F3N2O4. The first-order chi connectivity index (χ1) is 12.1. The highest BCUT2D eigenvalue weighted by Crippen LogP contribution is 2.44. The van der Waals surface area contributed by atoms with E-state index >= 15 is 0 Å². The Bertz CT molecular complexity index is 834. The van der Waals surface area contributed by atoms with Crippen LogP contribution in [-0.4, -0.2) is 28.8 Å². The molecule has 1 aromatic heterocycles. The number of benzene rings is 1. The van der Waals surface area contributed by atoms with Crippen molar-refractivity contribution in [3.05, 3.63) is 59.5 Å². The van der Waals surface area contributed by atoms with Crippen LogP contribution in [-0.2, 0) is 0 Å². The molecule has 138 valence electrons. The predicted octanol–water partition coefficient (Wildman–Crippen LogP) is 2.69. The van der Waals surface area contributed by atoms with Crippen molar-refractivity contribution in [1.82, 2.24) is 10.6 Å². The lowest BCUT2D eigenvalue weighted by Gasteiger charge is -2.44. The van der Waals surface area contributed by atoms with Crippen molar-refractivity contribution in [1.29, 1.82) is 0 Å². The molecule has 0 radical (unpaired) electrons. The Kier molecular flexibility index (Phi) is 4.27. The van der Waals surface area contributed by atoms with Crippen molar-refractivity contribution in [3.63, 3.8) is 0 Å². The number of hydrogen-bond donors (Lipinski definition) is 3. The maximum Gasteiger partial charge on any atom is 0.437 e. The van der Waals surface area contributed by atoms with Crippen molar-refractivity contribution in [3.8, 4) is 0 Å². The minimum Gasteiger partial charge on any atom is -0.464 e. The maximum absolute atomic E-state index is 13.6. The van der Waals surface area contributed by atoms with E-state index in [-0.39, 0.29) is 11.3 Å². The first-order valence-electron chi connectivity index (χ1n) is 7.67. The molecule has 2 heterocycles. The predicted molar refractivity (Wildman–Crippen MR) is 83.1 cm³/mol. The summed E-state index contributed by atoms with van der Waals surface area (Å²) in [6.45, 7) is 1.57. The highest BCUT2D eigenvalue weighted by atomic mass is 19.4. The third kappa shape index (κ3) is 2.94. The molecule has 1 fully saturated rings. The van der Waals surface area contributed by atoms with Gasteiger partial charge in [-0.15, -0.1) is 0 Å². The second-order valence-corrected chi connectivity index (χ2v) is 6.00. The molecule has 2 amide bonds. The second-order valence-electron chi connectivity index (χ2n) is 6.00. The SMILES string of the molecule is Cc1ccc([C@H]2NC(=O)N[C@](O)(C(F)(F)F)[C@@H]2C(=O)c2ccccc2)o1. The summed E-state index contributed by atoms with van der Waals surface area (Å²) in [7, 11) is 0. The third-order valence-electron chi connectivity index (χ3n) is 4.21. The van der Waals surface area contributed by atoms with E-state index in [1.807, 2.05) is 0 Å². The molecular weight excluding hydrogens is 353 g/mol. The summed E-state index contributed by atoms with van der Waals surface area (Å²) in [5.74, 6) is -2.76. The zero-order chi connectivity index (χ0) is 19.1. The number of aryl methyl sites for hydroxylation is 1. The topological polar surface area (TPSA) is 91.6 Å². The molecule has 0 saturated carbocycles. The summed E-state index contributed by atoms with van der Waals surface area (Å²) in [6.07, 6.45) is -5.29. The number of hydrogen-bond acceptors (Lipinski definition) is 4. The van der Waals surface area contributed by atoms with Gasteiger partial charge in [-0.1, -0.05) is 30.3 Å². The van der Waals surface area contributed by atoms with Gasteiger partial charge in [-0.25, -0.2) is 4.79 Å². The third-order valence-corrected chi connectivity index (χ3v) is 4.21. The van der Waals surface area contributed by atoms with Gasteiger partial charge in [0.25, 0.3) is 0 Å². The van der Waals surface area contributed by atoms with E-state index in [4.69, 9.17) is 4.42 Å². The molecule has 0 unspecified atom stereocenters. The fraction of sp³-hybridized carbons (Fsp3) is 0.294. The van der Waals surface area contributed by atoms with Gasteiger partial charge in [0.15, 0.2) is 5.78 Å². The number of halogens is 3. The summed E-state index contributed by atoms with van der Waals surface area (Å²) in [5, 5.41) is 14.1. The number of rotatable bonds is 3. The van der Waals surface area contributed by atoms with Crippen LogP contribution in [0.2, 0.25) is 0 Å². The Morgan fingerprint density at radius 1 is 1.19 bits per heavy atom.